The molecule has 0 aromatic heterocycles. The second-order valence-electron chi connectivity index (χ2n) is 1.74. The molecule has 1 aliphatic heterocycles. The van der Waals surface area contributed by atoms with E-state index in [0.717, 1.165) is 0 Å². The Morgan fingerprint density at radius 2 is 2.43 bits per heavy atom. The van der Waals surface area contributed by atoms with Crippen LogP contribution in [0.2, 0.25) is 0 Å². The topological polar surface area (TPSA) is 36.3 Å². The van der Waals surface area contributed by atoms with Gasteiger partial charge in [-0.05, 0) is 6.92 Å². The Morgan fingerprint density at radius 1 is 1.86 bits per heavy atom. The molecule has 7 heavy (non-hydrogen) atoms. The highest BCUT2D eigenvalue weighted by Crippen LogP contribution is 2.23. The minimum absolute atomic E-state index is 0.255. The first-order valence-corrected chi connectivity index (χ1v) is 2.37. The van der Waals surface area contributed by atoms with Gasteiger partial charge in [0.25, 0.3) is 0 Å². The maximum atomic E-state index is 8.06. The summed E-state index contributed by atoms with van der Waals surface area (Å²) in [6.45, 7) is 1.97. The van der Waals surface area contributed by atoms with Gasteiger partial charge < -0.3 is 4.74 Å². The maximum absolute atomic E-state index is 8.06. The van der Waals surface area contributed by atoms with E-state index < -0.39 is 0 Å². The number of hydrogen-bond donors (Lipinski definition) is 0. The lowest BCUT2D eigenvalue weighted by Crippen LogP contribution is -1.83. The SMILES string of the molecule is C[C@H]1O[C@H]1CC#N. The summed E-state index contributed by atoms with van der Waals surface area (Å²) in [4.78, 5) is 0. The van der Waals surface area contributed by atoms with Crippen LogP contribution in [0.4, 0.5) is 0 Å². The Labute approximate surface area is 42.7 Å². The third-order valence-corrected chi connectivity index (χ3v) is 1.13. The first-order chi connectivity index (χ1) is 3.34. The monoisotopic (exact) mass is 97.1 g/mol. The fourth-order valence-electron chi connectivity index (χ4n) is 0.534. The van der Waals surface area contributed by atoms with Crippen molar-refractivity contribution in [1.82, 2.24) is 0 Å². The van der Waals surface area contributed by atoms with Crippen LogP contribution >= 0.6 is 0 Å². The van der Waals surface area contributed by atoms with Crippen molar-refractivity contribution in [3.8, 4) is 6.07 Å². The van der Waals surface area contributed by atoms with Crippen LogP contribution in [0, 0.1) is 11.3 Å². The highest BCUT2D eigenvalue weighted by molar-refractivity contribution is 4.88. The molecule has 0 aromatic carbocycles. The first-order valence-electron chi connectivity index (χ1n) is 2.37. The Bertz CT molecular complexity index is 105. The molecule has 0 N–H and O–H groups in total. The Kier molecular flexibility index (Phi) is 0.994. The summed E-state index contributed by atoms with van der Waals surface area (Å²) in [5.74, 6) is 0. The van der Waals surface area contributed by atoms with Gasteiger partial charge in [0.1, 0.15) is 0 Å². The number of ether oxygens (including phenoxy) is 1. The van der Waals surface area contributed by atoms with Gasteiger partial charge in [-0.3, -0.25) is 0 Å². The molecule has 1 saturated heterocycles. The maximum Gasteiger partial charge on any atom is 0.0968 e. The van der Waals surface area contributed by atoms with E-state index in [-0.39, 0.29) is 6.10 Å². The van der Waals surface area contributed by atoms with Crippen molar-refractivity contribution in [2.75, 3.05) is 0 Å². The summed E-state index contributed by atoms with van der Waals surface area (Å²) in [6.07, 6.45) is 1.16. The minimum Gasteiger partial charge on any atom is -0.369 e. The first kappa shape index (κ1) is 4.61. The van der Waals surface area contributed by atoms with Gasteiger partial charge in [0.2, 0.25) is 0 Å². The predicted octanol–water partition coefficient (Wildman–Crippen LogP) is 0.687. The summed E-state index contributed by atoms with van der Waals surface area (Å²) in [5, 5.41) is 8.06. The van der Waals surface area contributed by atoms with Crippen LogP contribution < -0.4 is 0 Å². The molecule has 0 bridgehead atoms. The lowest BCUT2D eigenvalue weighted by atomic mass is 10.3. The smallest absolute Gasteiger partial charge is 0.0968 e. The molecule has 0 spiro atoms. The molecule has 1 rings (SSSR count). The van der Waals surface area contributed by atoms with E-state index in [2.05, 4.69) is 0 Å². The Balaban J connectivity index is 2.12. The molecule has 2 nitrogen and oxygen atoms in total. The third-order valence-electron chi connectivity index (χ3n) is 1.13. The van der Waals surface area contributed by atoms with Gasteiger partial charge in [-0.15, -0.1) is 0 Å². The van der Waals surface area contributed by atoms with Crippen molar-refractivity contribution in [2.24, 2.45) is 0 Å². The van der Waals surface area contributed by atoms with Crippen LogP contribution in [-0.2, 0) is 4.74 Å². The van der Waals surface area contributed by atoms with E-state index in [9.17, 15) is 0 Å². The number of hydrogen-bond acceptors (Lipinski definition) is 2. The van der Waals surface area contributed by atoms with E-state index >= 15 is 0 Å². The summed E-state index contributed by atoms with van der Waals surface area (Å²) in [7, 11) is 0. The molecule has 1 fully saturated rings. The highest BCUT2D eigenvalue weighted by atomic mass is 16.6. The zero-order valence-electron chi connectivity index (χ0n) is 4.22. The van der Waals surface area contributed by atoms with Gasteiger partial charge in [-0.2, -0.15) is 5.26 Å². The van der Waals surface area contributed by atoms with E-state index in [1.54, 1.807) is 0 Å². The molecule has 0 saturated carbocycles. The van der Waals surface area contributed by atoms with E-state index in [4.69, 9.17) is 10.00 Å². The molecule has 0 radical (unpaired) electrons. The van der Waals surface area contributed by atoms with Crippen LogP contribution in [0.25, 0.3) is 0 Å². The van der Waals surface area contributed by atoms with Crippen LogP contribution in [0.5, 0.6) is 0 Å². The third kappa shape index (κ3) is 0.908. The summed E-state index contributed by atoms with van der Waals surface area (Å²) in [5.41, 5.74) is 0. The number of rotatable bonds is 1. The number of nitrogens with zero attached hydrogens (tertiary/aromatic N) is 1. The van der Waals surface area contributed by atoms with Crippen molar-refractivity contribution >= 4 is 0 Å². The zero-order valence-corrected chi connectivity index (χ0v) is 4.22. The van der Waals surface area contributed by atoms with E-state index in [1.165, 1.54) is 0 Å². The number of nitriles is 1. The summed E-state index contributed by atoms with van der Waals surface area (Å²) >= 11 is 0. The zero-order chi connectivity index (χ0) is 5.28. The van der Waals surface area contributed by atoms with Crippen molar-refractivity contribution in [3.05, 3.63) is 0 Å². The second-order valence-corrected chi connectivity index (χ2v) is 1.74. The molecule has 0 unspecified atom stereocenters. The van der Waals surface area contributed by atoms with E-state index in [0.29, 0.717) is 12.5 Å². The largest absolute Gasteiger partial charge is 0.369 e. The minimum atomic E-state index is 0.255. The van der Waals surface area contributed by atoms with Gasteiger partial charge in [-0.1, -0.05) is 0 Å². The Hall–Kier alpha value is -0.550. The molecule has 1 aliphatic rings. The fraction of sp³-hybridized carbons (Fsp3) is 0.800. The van der Waals surface area contributed by atoms with Crippen molar-refractivity contribution < 1.29 is 4.74 Å². The summed E-state index contributed by atoms with van der Waals surface area (Å²) < 4.78 is 4.93. The lowest BCUT2D eigenvalue weighted by Gasteiger charge is -1.70. The number of epoxide rings is 1. The van der Waals surface area contributed by atoms with Crippen molar-refractivity contribution in [3.63, 3.8) is 0 Å². The van der Waals surface area contributed by atoms with Crippen LogP contribution in [-0.4, -0.2) is 12.2 Å². The molecule has 38 valence electrons. The highest BCUT2D eigenvalue weighted by Gasteiger charge is 2.33. The van der Waals surface area contributed by atoms with Gasteiger partial charge in [0, 0.05) is 0 Å². The Morgan fingerprint density at radius 3 is 2.57 bits per heavy atom. The quantitative estimate of drug-likeness (QED) is 0.451. The molecular formula is C5H7NO. The van der Waals surface area contributed by atoms with Crippen LogP contribution in [0.15, 0.2) is 0 Å². The van der Waals surface area contributed by atoms with Gasteiger partial charge in [-0.25, -0.2) is 0 Å². The van der Waals surface area contributed by atoms with Crippen molar-refractivity contribution in [2.45, 2.75) is 25.6 Å². The van der Waals surface area contributed by atoms with Crippen molar-refractivity contribution in [1.29, 1.82) is 5.26 Å². The van der Waals surface area contributed by atoms with Crippen LogP contribution in [0.3, 0.4) is 0 Å². The average Bonchev–Trinajstić information content (AvgIpc) is 2.22. The molecule has 0 amide bonds. The lowest BCUT2D eigenvalue weighted by molar-refractivity contribution is 0.381. The second kappa shape index (κ2) is 1.51. The molecule has 1 heterocycles. The van der Waals surface area contributed by atoms with Gasteiger partial charge in [0.15, 0.2) is 0 Å². The molecule has 0 aliphatic carbocycles. The predicted molar refractivity (Wildman–Crippen MR) is 24.6 cm³/mol. The van der Waals surface area contributed by atoms with E-state index in [1.807, 2.05) is 13.0 Å². The normalized spacial score (nSPS) is 37.1. The molecule has 2 atom stereocenters. The summed E-state index contributed by atoms with van der Waals surface area (Å²) in [6, 6.07) is 2.04. The molecule has 0 aromatic rings. The van der Waals surface area contributed by atoms with Gasteiger partial charge >= 0.3 is 0 Å². The van der Waals surface area contributed by atoms with Crippen LogP contribution in [0.1, 0.15) is 13.3 Å². The standard InChI is InChI=1S/C5H7NO/c1-4-5(7-4)2-3-6/h4-5H,2H2,1H3/t4-,5+/m1/s1. The molecular weight excluding hydrogens is 90.1 g/mol. The average molecular weight is 97.1 g/mol. The molecule has 2 heteroatoms. The fourth-order valence-corrected chi connectivity index (χ4v) is 0.534. The van der Waals surface area contributed by atoms with Gasteiger partial charge in [0.05, 0.1) is 24.7 Å².